The van der Waals surface area contributed by atoms with Gasteiger partial charge in [0.25, 0.3) is 0 Å². The van der Waals surface area contributed by atoms with Gasteiger partial charge >= 0.3 is 6.09 Å². The Bertz CT molecular complexity index is 893. The first-order valence-electron chi connectivity index (χ1n) is 7.92. The van der Waals surface area contributed by atoms with Crippen LogP contribution >= 0.6 is 11.6 Å². The van der Waals surface area contributed by atoms with Gasteiger partial charge in [-0.3, -0.25) is 4.90 Å². The topological polar surface area (TPSA) is 56.6 Å². The van der Waals surface area contributed by atoms with Crippen molar-refractivity contribution < 1.29 is 14.3 Å². The van der Waals surface area contributed by atoms with Crippen LogP contribution in [0.3, 0.4) is 0 Å². The van der Waals surface area contributed by atoms with Gasteiger partial charge in [0.1, 0.15) is 6.61 Å². The van der Waals surface area contributed by atoms with Crippen molar-refractivity contribution in [2.24, 2.45) is 0 Å². The molecule has 0 bridgehead atoms. The standard InChI is InChI=1S/C19H18ClN3O3/c1-22(19(24)25-2)17-6-4-3-5-14(17)13-26-18-11-12-23(21-18)16-9-7-15(20)8-10-16/h3-12H,13H2,1-2H3. The number of hydrogen-bond acceptors (Lipinski definition) is 4. The molecule has 0 spiro atoms. The van der Waals surface area contributed by atoms with Gasteiger partial charge in [-0.05, 0) is 30.3 Å². The molecule has 0 N–H and O–H groups in total. The van der Waals surface area contributed by atoms with Crippen molar-refractivity contribution in [2.75, 3.05) is 19.1 Å². The van der Waals surface area contributed by atoms with Crippen molar-refractivity contribution >= 4 is 23.4 Å². The van der Waals surface area contributed by atoms with E-state index in [2.05, 4.69) is 5.10 Å². The average Bonchev–Trinajstić information content (AvgIpc) is 3.15. The molecule has 6 nitrogen and oxygen atoms in total. The second kappa shape index (κ2) is 7.93. The Kier molecular flexibility index (Phi) is 5.43. The van der Waals surface area contributed by atoms with Gasteiger partial charge in [-0.15, -0.1) is 5.10 Å². The van der Waals surface area contributed by atoms with Crippen LogP contribution in [0.15, 0.2) is 60.8 Å². The Balaban J connectivity index is 1.72. The number of benzene rings is 2. The zero-order chi connectivity index (χ0) is 18.5. The summed E-state index contributed by atoms with van der Waals surface area (Å²) in [6, 6.07) is 16.6. The maximum absolute atomic E-state index is 11.8. The van der Waals surface area contributed by atoms with Crippen molar-refractivity contribution in [3.05, 3.63) is 71.4 Å². The van der Waals surface area contributed by atoms with Crippen molar-refractivity contribution in [3.8, 4) is 11.6 Å². The summed E-state index contributed by atoms with van der Waals surface area (Å²) >= 11 is 5.90. The number of ether oxygens (including phenoxy) is 2. The molecule has 26 heavy (non-hydrogen) atoms. The highest BCUT2D eigenvalue weighted by atomic mass is 35.5. The summed E-state index contributed by atoms with van der Waals surface area (Å²) in [6.45, 7) is 0.273. The van der Waals surface area contributed by atoms with E-state index in [9.17, 15) is 4.79 Å². The molecule has 3 rings (SSSR count). The lowest BCUT2D eigenvalue weighted by molar-refractivity contribution is 0.180. The Morgan fingerprint density at radius 2 is 1.88 bits per heavy atom. The minimum atomic E-state index is -0.440. The van der Waals surface area contributed by atoms with E-state index < -0.39 is 6.09 Å². The van der Waals surface area contributed by atoms with Crippen LogP contribution in [-0.4, -0.2) is 30.0 Å². The van der Waals surface area contributed by atoms with Crippen LogP contribution in [-0.2, 0) is 11.3 Å². The number of halogens is 1. The first-order valence-corrected chi connectivity index (χ1v) is 8.30. The highest BCUT2D eigenvalue weighted by molar-refractivity contribution is 6.30. The quantitative estimate of drug-likeness (QED) is 0.670. The van der Waals surface area contributed by atoms with Crippen LogP contribution in [0.2, 0.25) is 5.02 Å². The third-order valence-electron chi connectivity index (χ3n) is 3.83. The number of hydrogen-bond donors (Lipinski definition) is 0. The van der Waals surface area contributed by atoms with E-state index in [0.29, 0.717) is 10.9 Å². The maximum Gasteiger partial charge on any atom is 0.413 e. The van der Waals surface area contributed by atoms with Crippen molar-refractivity contribution in [3.63, 3.8) is 0 Å². The molecular formula is C19H18ClN3O3. The molecule has 0 unspecified atom stereocenters. The summed E-state index contributed by atoms with van der Waals surface area (Å²) in [4.78, 5) is 13.2. The number of nitrogens with zero attached hydrogens (tertiary/aromatic N) is 3. The third kappa shape index (κ3) is 3.97. The molecule has 0 atom stereocenters. The minimum absolute atomic E-state index is 0.273. The van der Waals surface area contributed by atoms with E-state index >= 15 is 0 Å². The molecule has 1 amide bonds. The van der Waals surface area contributed by atoms with Crippen molar-refractivity contribution in [1.29, 1.82) is 0 Å². The second-order valence-corrected chi connectivity index (χ2v) is 5.96. The predicted octanol–water partition coefficient (Wildman–Crippen LogP) is 4.31. The normalized spacial score (nSPS) is 10.4. The first-order chi connectivity index (χ1) is 12.6. The third-order valence-corrected chi connectivity index (χ3v) is 4.08. The molecule has 2 aromatic carbocycles. The van der Waals surface area contributed by atoms with Crippen LogP contribution in [0.5, 0.6) is 5.88 Å². The zero-order valence-corrected chi connectivity index (χ0v) is 15.2. The fourth-order valence-corrected chi connectivity index (χ4v) is 2.59. The summed E-state index contributed by atoms with van der Waals surface area (Å²) < 4.78 is 12.3. The first kappa shape index (κ1) is 17.8. The molecule has 134 valence electrons. The van der Waals surface area contributed by atoms with Gasteiger partial charge in [0.2, 0.25) is 5.88 Å². The largest absolute Gasteiger partial charge is 0.472 e. The zero-order valence-electron chi connectivity index (χ0n) is 14.4. The monoisotopic (exact) mass is 371 g/mol. The van der Waals surface area contributed by atoms with Crippen molar-refractivity contribution in [1.82, 2.24) is 9.78 Å². The van der Waals surface area contributed by atoms with E-state index in [1.165, 1.54) is 12.0 Å². The number of anilines is 1. The number of rotatable bonds is 5. The lowest BCUT2D eigenvalue weighted by atomic mass is 10.2. The average molecular weight is 372 g/mol. The number of para-hydroxylation sites is 1. The number of aromatic nitrogens is 2. The fraction of sp³-hybridized carbons (Fsp3) is 0.158. The van der Waals surface area contributed by atoms with Gasteiger partial charge < -0.3 is 9.47 Å². The number of methoxy groups -OCH3 is 1. The van der Waals surface area contributed by atoms with Gasteiger partial charge in [0, 0.05) is 29.9 Å². The van der Waals surface area contributed by atoms with Gasteiger partial charge in [-0.2, -0.15) is 0 Å². The summed E-state index contributed by atoms with van der Waals surface area (Å²) in [7, 11) is 3.00. The van der Waals surface area contributed by atoms with E-state index in [4.69, 9.17) is 21.1 Å². The number of amides is 1. The van der Waals surface area contributed by atoms with Crippen LogP contribution in [0, 0.1) is 0 Å². The van der Waals surface area contributed by atoms with E-state index in [1.807, 2.05) is 42.6 Å². The smallest absolute Gasteiger partial charge is 0.413 e. The number of carbonyl (C=O) groups is 1. The lowest BCUT2D eigenvalue weighted by Crippen LogP contribution is -2.27. The van der Waals surface area contributed by atoms with E-state index in [-0.39, 0.29) is 6.61 Å². The highest BCUT2D eigenvalue weighted by Gasteiger charge is 2.15. The molecule has 3 aromatic rings. The molecule has 7 heteroatoms. The Morgan fingerprint density at radius 3 is 2.62 bits per heavy atom. The second-order valence-electron chi connectivity index (χ2n) is 5.52. The maximum atomic E-state index is 11.8. The molecule has 0 aliphatic rings. The molecule has 0 fully saturated rings. The van der Waals surface area contributed by atoms with Crippen LogP contribution in [0.1, 0.15) is 5.56 Å². The van der Waals surface area contributed by atoms with Crippen molar-refractivity contribution in [2.45, 2.75) is 6.61 Å². The molecule has 0 saturated heterocycles. The Hall–Kier alpha value is -2.99. The van der Waals surface area contributed by atoms with Gasteiger partial charge in [0.15, 0.2) is 0 Å². The summed E-state index contributed by atoms with van der Waals surface area (Å²) in [6.07, 6.45) is 1.37. The van der Waals surface area contributed by atoms with E-state index in [0.717, 1.165) is 16.9 Å². The molecule has 0 saturated carbocycles. The highest BCUT2D eigenvalue weighted by Crippen LogP contribution is 2.22. The van der Waals surface area contributed by atoms with Gasteiger partial charge in [-0.25, -0.2) is 9.48 Å². The Labute approximate surface area is 156 Å². The lowest BCUT2D eigenvalue weighted by Gasteiger charge is -2.19. The van der Waals surface area contributed by atoms with Crippen LogP contribution in [0.4, 0.5) is 10.5 Å². The molecule has 0 aliphatic carbocycles. The summed E-state index contributed by atoms with van der Waals surface area (Å²) in [5.74, 6) is 0.482. The van der Waals surface area contributed by atoms with E-state index in [1.54, 1.807) is 29.9 Å². The predicted molar refractivity (Wildman–Crippen MR) is 100 cm³/mol. The summed E-state index contributed by atoms with van der Waals surface area (Å²) in [5.41, 5.74) is 2.45. The fourth-order valence-electron chi connectivity index (χ4n) is 2.47. The molecule has 0 aliphatic heterocycles. The van der Waals surface area contributed by atoms with Gasteiger partial charge in [-0.1, -0.05) is 29.8 Å². The molecule has 1 aromatic heterocycles. The number of carbonyl (C=O) groups excluding carboxylic acids is 1. The SMILES string of the molecule is COC(=O)N(C)c1ccccc1COc1ccn(-c2ccc(Cl)cc2)n1. The van der Waals surface area contributed by atoms with Crippen LogP contribution in [0.25, 0.3) is 5.69 Å². The molecular weight excluding hydrogens is 354 g/mol. The molecule has 1 heterocycles. The minimum Gasteiger partial charge on any atom is -0.472 e. The Morgan fingerprint density at radius 1 is 1.15 bits per heavy atom. The van der Waals surface area contributed by atoms with Gasteiger partial charge in [0.05, 0.1) is 18.5 Å². The molecule has 0 radical (unpaired) electrons. The van der Waals surface area contributed by atoms with Crippen LogP contribution < -0.4 is 9.64 Å². The summed E-state index contributed by atoms with van der Waals surface area (Å²) in [5, 5.41) is 5.07.